The number of rotatable bonds is 4. The zero-order valence-electron chi connectivity index (χ0n) is 11.4. The van der Waals surface area contributed by atoms with Gasteiger partial charge in [0.2, 0.25) is 5.91 Å². The maximum absolute atomic E-state index is 11.9. The molecule has 7 nitrogen and oxygen atoms in total. The predicted molar refractivity (Wildman–Crippen MR) is 79.5 cm³/mol. The van der Waals surface area contributed by atoms with E-state index in [9.17, 15) is 4.79 Å². The van der Waals surface area contributed by atoms with Gasteiger partial charge in [0.25, 0.3) is 0 Å². The Morgan fingerprint density at radius 3 is 2.81 bits per heavy atom. The minimum absolute atomic E-state index is 0. The largest absolute Gasteiger partial charge is 0.352 e. The molecule has 0 bridgehead atoms. The number of nitrogens with zero attached hydrogens (tertiary/aromatic N) is 4. The highest BCUT2D eigenvalue weighted by Crippen LogP contribution is 2.08. The molecule has 0 saturated carbocycles. The molecular formula is C13H17ClN6O. The van der Waals surface area contributed by atoms with E-state index in [4.69, 9.17) is 0 Å². The van der Waals surface area contributed by atoms with E-state index in [-0.39, 0.29) is 24.4 Å². The fourth-order valence-corrected chi connectivity index (χ4v) is 2.29. The number of hydrogen-bond donors (Lipinski definition) is 2. The van der Waals surface area contributed by atoms with Crippen LogP contribution in [-0.2, 0) is 11.2 Å². The molecule has 0 aliphatic carbocycles. The fraction of sp³-hybridized carbons (Fsp3) is 0.385. The quantitative estimate of drug-likeness (QED) is 0.837. The summed E-state index contributed by atoms with van der Waals surface area (Å²) in [6, 6.07) is 7.90. The summed E-state index contributed by atoms with van der Waals surface area (Å²) < 4.78 is 1.58. The summed E-state index contributed by atoms with van der Waals surface area (Å²) in [5.74, 6) is 0.0638. The standard InChI is InChI=1S/C13H16N6O.ClH/c20-13(16-11-5-6-14-8-11)7-10-1-3-12(4-2-10)19-9-15-17-18-19;/h1-4,9,11,14H,5-8H2,(H,16,20);1H. The Bertz CT molecular complexity index is 565. The van der Waals surface area contributed by atoms with Crippen molar-refractivity contribution in [2.75, 3.05) is 13.1 Å². The summed E-state index contributed by atoms with van der Waals surface area (Å²) in [6.07, 6.45) is 2.94. The van der Waals surface area contributed by atoms with Crippen molar-refractivity contribution in [3.63, 3.8) is 0 Å². The lowest BCUT2D eigenvalue weighted by molar-refractivity contribution is -0.121. The molecule has 112 valence electrons. The highest BCUT2D eigenvalue weighted by atomic mass is 35.5. The number of aromatic nitrogens is 4. The average molecular weight is 309 g/mol. The molecule has 8 heteroatoms. The molecule has 2 N–H and O–H groups in total. The second-order valence-electron chi connectivity index (χ2n) is 4.85. The second kappa shape index (κ2) is 7.14. The van der Waals surface area contributed by atoms with Gasteiger partial charge in [-0.3, -0.25) is 4.79 Å². The van der Waals surface area contributed by atoms with Gasteiger partial charge in [0.1, 0.15) is 6.33 Å². The van der Waals surface area contributed by atoms with Gasteiger partial charge in [0, 0.05) is 12.6 Å². The Hall–Kier alpha value is -1.99. The van der Waals surface area contributed by atoms with Crippen molar-refractivity contribution in [1.29, 1.82) is 0 Å². The van der Waals surface area contributed by atoms with Crippen LogP contribution in [0.4, 0.5) is 0 Å². The molecule has 0 radical (unpaired) electrons. The summed E-state index contributed by atoms with van der Waals surface area (Å²) in [7, 11) is 0. The van der Waals surface area contributed by atoms with E-state index < -0.39 is 0 Å². The third kappa shape index (κ3) is 3.99. The van der Waals surface area contributed by atoms with Crippen molar-refractivity contribution in [2.45, 2.75) is 18.9 Å². The SMILES string of the molecule is Cl.O=C(Cc1ccc(-n2cnnn2)cc1)NC1CCNC1. The van der Waals surface area contributed by atoms with E-state index in [1.807, 2.05) is 24.3 Å². The first kappa shape index (κ1) is 15.4. The summed E-state index contributed by atoms with van der Waals surface area (Å²) in [5.41, 5.74) is 1.85. The topological polar surface area (TPSA) is 84.7 Å². The summed E-state index contributed by atoms with van der Waals surface area (Å²) in [5, 5.41) is 17.3. The van der Waals surface area contributed by atoms with Crippen molar-refractivity contribution in [3.8, 4) is 5.69 Å². The van der Waals surface area contributed by atoms with Crippen molar-refractivity contribution in [2.24, 2.45) is 0 Å². The molecule has 1 aromatic heterocycles. The van der Waals surface area contributed by atoms with E-state index in [0.29, 0.717) is 6.42 Å². The maximum Gasteiger partial charge on any atom is 0.224 e. The summed E-state index contributed by atoms with van der Waals surface area (Å²) in [6.45, 7) is 1.84. The number of benzene rings is 1. The molecule has 2 heterocycles. The molecule has 3 rings (SSSR count). The minimum Gasteiger partial charge on any atom is -0.352 e. The highest BCUT2D eigenvalue weighted by Gasteiger charge is 2.16. The lowest BCUT2D eigenvalue weighted by Gasteiger charge is -2.11. The van der Waals surface area contributed by atoms with Crippen LogP contribution in [0.2, 0.25) is 0 Å². The second-order valence-corrected chi connectivity index (χ2v) is 4.85. The zero-order valence-corrected chi connectivity index (χ0v) is 12.2. The number of carbonyl (C=O) groups is 1. The zero-order chi connectivity index (χ0) is 13.8. The monoisotopic (exact) mass is 308 g/mol. The molecule has 1 amide bonds. The first-order chi connectivity index (χ1) is 9.81. The molecule has 1 atom stereocenters. The molecule has 1 aliphatic rings. The lowest BCUT2D eigenvalue weighted by Crippen LogP contribution is -2.37. The molecular weight excluding hydrogens is 292 g/mol. The lowest BCUT2D eigenvalue weighted by atomic mass is 10.1. The van der Waals surface area contributed by atoms with Gasteiger partial charge >= 0.3 is 0 Å². The Labute approximate surface area is 128 Å². The number of tetrazole rings is 1. The van der Waals surface area contributed by atoms with Gasteiger partial charge in [0.15, 0.2) is 0 Å². The molecule has 2 aromatic rings. The van der Waals surface area contributed by atoms with E-state index in [1.54, 1.807) is 4.68 Å². The van der Waals surface area contributed by atoms with Crippen LogP contribution in [0.15, 0.2) is 30.6 Å². The minimum atomic E-state index is 0. The first-order valence-corrected chi connectivity index (χ1v) is 6.63. The smallest absolute Gasteiger partial charge is 0.224 e. The maximum atomic E-state index is 11.9. The van der Waals surface area contributed by atoms with Crippen LogP contribution in [0.25, 0.3) is 5.69 Å². The van der Waals surface area contributed by atoms with Gasteiger partial charge in [-0.1, -0.05) is 12.1 Å². The molecule has 1 fully saturated rings. The van der Waals surface area contributed by atoms with Crippen molar-refractivity contribution < 1.29 is 4.79 Å². The van der Waals surface area contributed by atoms with E-state index in [2.05, 4.69) is 26.2 Å². The van der Waals surface area contributed by atoms with E-state index in [1.165, 1.54) is 6.33 Å². The van der Waals surface area contributed by atoms with Crippen LogP contribution in [0.5, 0.6) is 0 Å². The van der Waals surface area contributed by atoms with Crippen LogP contribution >= 0.6 is 12.4 Å². The molecule has 0 spiro atoms. The fourth-order valence-electron chi connectivity index (χ4n) is 2.29. The number of hydrogen-bond acceptors (Lipinski definition) is 5. The molecule has 1 saturated heterocycles. The highest BCUT2D eigenvalue weighted by molar-refractivity contribution is 5.85. The van der Waals surface area contributed by atoms with Crippen LogP contribution in [0.3, 0.4) is 0 Å². The molecule has 1 unspecified atom stereocenters. The van der Waals surface area contributed by atoms with Gasteiger partial charge in [-0.2, -0.15) is 0 Å². The number of halogens is 1. The molecule has 21 heavy (non-hydrogen) atoms. The van der Waals surface area contributed by atoms with Gasteiger partial charge < -0.3 is 10.6 Å². The Balaban J connectivity index is 0.00000161. The van der Waals surface area contributed by atoms with Crippen molar-refractivity contribution >= 4 is 18.3 Å². The average Bonchev–Trinajstić information content (AvgIpc) is 3.12. The van der Waals surface area contributed by atoms with Crippen molar-refractivity contribution in [1.82, 2.24) is 30.8 Å². The first-order valence-electron chi connectivity index (χ1n) is 6.63. The van der Waals surface area contributed by atoms with E-state index in [0.717, 1.165) is 30.8 Å². The Morgan fingerprint density at radius 1 is 1.38 bits per heavy atom. The van der Waals surface area contributed by atoms with Gasteiger partial charge in [-0.15, -0.1) is 17.5 Å². The molecule has 1 aromatic carbocycles. The van der Waals surface area contributed by atoms with Crippen LogP contribution in [0.1, 0.15) is 12.0 Å². The number of amides is 1. The van der Waals surface area contributed by atoms with Crippen molar-refractivity contribution in [3.05, 3.63) is 36.2 Å². The Kier molecular flexibility index (Phi) is 5.24. The normalized spacial score (nSPS) is 17.2. The third-order valence-electron chi connectivity index (χ3n) is 3.34. The third-order valence-corrected chi connectivity index (χ3v) is 3.34. The predicted octanol–water partition coefficient (Wildman–Crippen LogP) is 0.105. The van der Waals surface area contributed by atoms with Crippen LogP contribution < -0.4 is 10.6 Å². The number of nitrogens with one attached hydrogen (secondary N) is 2. The number of carbonyl (C=O) groups excluding carboxylic acids is 1. The Morgan fingerprint density at radius 2 is 2.19 bits per heavy atom. The summed E-state index contributed by atoms with van der Waals surface area (Å²) in [4.78, 5) is 11.9. The van der Waals surface area contributed by atoms with Crippen LogP contribution in [0, 0.1) is 0 Å². The van der Waals surface area contributed by atoms with Gasteiger partial charge in [-0.25, -0.2) is 4.68 Å². The van der Waals surface area contributed by atoms with E-state index >= 15 is 0 Å². The van der Waals surface area contributed by atoms with Gasteiger partial charge in [-0.05, 0) is 41.1 Å². The van der Waals surface area contributed by atoms with Crippen LogP contribution in [-0.4, -0.2) is 45.2 Å². The van der Waals surface area contributed by atoms with Gasteiger partial charge in [0.05, 0.1) is 12.1 Å². The molecule has 1 aliphatic heterocycles. The summed E-state index contributed by atoms with van der Waals surface area (Å²) >= 11 is 0.